The monoisotopic (exact) mass is 330 g/mol. The van der Waals surface area contributed by atoms with Gasteiger partial charge >= 0.3 is 6.03 Å². The Morgan fingerprint density at radius 3 is 3.00 bits per heavy atom. The van der Waals surface area contributed by atoms with Gasteiger partial charge in [0.25, 0.3) is 0 Å². The van der Waals surface area contributed by atoms with E-state index in [9.17, 15) is 4.79 Å². The standard InChI is InChI=1S/C19H26N2O3/c1-14(9-10-16-7-5-11-23-16)20-19(22)21(2)13-17-12-15-6-3-4-8-18(15)24-17/h3-4,6,8,12,14,16H,5,7,9-11,13H2,1-2H3,(H,20,22)/t14-,16+/m1/s1. The first kappa shape index (κ1) is 16.8. The molecule has 0 radical (unpaired) electrons. The summed E-state index contributed by atoms with van der Waals surface area (Å²) >= 11 is 0. The molecule has 0 spiro atoms. The number of fused-ring (bicyclic) bond motifs is 1. The summed E-state index contributed by atoms with van der Waals surface area (Å²) in [5.74, 6) is 0.792. The van der Waals surface area contributed by atoms with E-state index in [1.807, 2.05) is 37.3 Å². The Balaban J connectivity index is 1.46. The Morgan fingerprint density at radius 2 is 2.25 bits per heavy atom. The number of furan rings is 1. The van der Waals surface area contributed by atoms with E-state index in [4.69, 9.17) is 9.15 Å². The van der Waals surface area contributed by atoms with Gasteiger partial charge in [-0.15, -0.1) is 0 Å². The molecule has 1 N–H and O–H groups in total. The summed E-state index contributed by atoms with van der Waals surface area (Å²) < 4.78 is 11.4. The van der Waals surface area contributed by atoms with Crippen molar-refractivity contribution in [2.45, 2.75) is 51.3 Å². The molecule has 24 heavy (non-hydrogen) atoms. The van der Waals surface area contributed by atoms with Gasteiger partial charge in [-0.2, -0.15) is 0 Å². The maximum Gasteiger partial charge on any atom is 0.317 e. The molecule has 1 aromatic heterocycles. The fourth-order valence-electron chi connectivity index (χ4n) is 3.12. The van der Waals surface area contributed by atoms with Crippen LogP contribution in [0, 0.1) is 0 Å². The van der Waals surface area contributed by atoms with Crippen LogP contribution in [0.3, 0.4) is 0 Å². The molecular weight excluding hydrogens is 304 g/mol. The quantitative estimate of drug-likeness (QED) is 0.873. The number of carbonyl (C=O) groups excluding carboxylic acids is 1. The SMILES string of the molecule is C[C@H](CC[C@@H]1CCCO1)NC(=O)N(C)Cc1cc2ccccc2o1. The molecule has 0 saturated carbocycles. The number of hydrogen-bond donors (Lipinski definition) is 1. The van der Waals surface area contributed by atoms with Crippen LogP contribution >= 0.6 is 0 Å². The number of urea groups is 1. The summed E-state index contributed by atoms with van der Waals surface area (Å²) in [6.45, 7) is 3.38. The molecule has 0 unspecified atom stereocenters. The first-order valence-corrected chi connectivity index (χ1v) is 8.72. The van der Waals surface area contributed by atoms with E-state index in [0.29, 0.717) is 12.6 Å². The maximum absolute atomic E-state index is 12.3. The van der Waals surface area contributed by atoms with Crippen molar-refractivity contribution in [3.63, 3.8) is 0 Å². The Kier molecular flexibility index (Phi) is 5.41. The van der Waals surface area contributed by atoms with E-state index in [-0.39, 0.29) is 12.1 Å². The van der Waals surface area contributed by atoms with Gasteiger partial charge in [0.1, 0.15) is 11.3 Å². The molecule has 1 aliphatic rings. The van der Waals surface area contributed by atoms with Crippen molar-refractivity contribution in [1.29, 1.82) is 0 Å². The van der Waals surface area contributed by atoms with Crippen molar-refractivity contribution in [3.8, 4) is 0 Å². The zero-order valence-electron chi connectivity index (χ0n) is 14.5. The third-order valence-corrected chi connectivity index (χ3v) is 4.53. The second-order valence-corrected chi connectivity index (χ2v) is 6.67. The second-order valence-electron chi connectivity index (χ2n) is 6.67. The normalized spacial score (nSPS) is 18.7. The molecule has 1 aliphatic heterocycles. The third-order valence-electron chi connectivity index (χ3n) is 4.53. The zero-order valence-corrected chi connectivity index (χ0v) is 14.5. The fraction of sp³-hybridized carbons (Fsp3) is 0.526. The molecule has 1 saturated heterocycles. The fourth-order valence-corrected chi connectivity index (χ4v) is 3.12. The van der Waals surface area contributed by atoms with Crippen LogP contribution in [0.5, 0.6) is 0 Å². The number of ether oxygens (including phenoxy) is 1. The van der Waals surface area contributed by atoms with Gasteiger partial charge < -0.3 is 19.4 Å². The molecule has 5 heteroatoms. The predicted molar refractivity (Wildman–Crippen MR) is 93.9 cm³/mol. The number of carbonyl (C=O) groups is 1. The summed E-state index contributed by atoms with van der Waals surface area (Å²) in [6.07, 6.45) is 4.62. The van der Waals surface area contributed by atoms with Gasteiger partial charge in [-0.25, -0.2) is 4.79 Å². The molecule has 3 rings (SSSR count). The molecule has 1 fully saturated rings. The Labute approximate surface area is 143 Å². The van der Waals surface area contributed by atoms with Gasteiger partial charge in [0.2, 0.25) is 0 Å². The Hall–Kier alpha value is -2.01. The molecule has 2 aromatic rings. The number of nitrogens with one attached hydrogen (secondary N) is 1. The summed E-state index contributed by atoms with van der Waals surface area (Å²) in [5, 5.41) is 4.11. The lowest BCUT2D eigenvalue weighted by Crippen LogP contribution is -2.41. The molecule has 5 nitrogen and oxygen atoms in total. The van der Waals surface area contributed by atoms with Crippen LogP contribution in [0.25, 0.3) is 11.0 Å². The lowest BCUT2D eigenvalue weighted by atomic mass is 10.1. The largest absolute Gasteiger partial charge is 0.459 e. The van der Waals surface area contributed by atoms with E-state index in [1.165, 1.54) is 0 Å². The van der Waals surface area contributed by atoms with E-state index < -0.39 is 0 Å². The molecule has 0 bridgehead atoms. The van der Waals surface area contributed by atoms with Gasteiger partial charge in [0.05, 0.1) is 12.6 Å². The minimum absolute atomic E-state index is 0.0738. The maximum atomic E-state index is 12.3. The van der Waals surface area contributed by atoms with Gasteiger partial charge in [0.15, 0.2) is 0 Å². The average Bonchev–Trinajstić information content (AvgIpc) is 3.21. The van der Waals surface area contributed by atoms with E-state index >= 15 is 0 Å². The van der Waals surface area contributed by atoms with Gasteiger partial charge in [0, 0.05) is 25.1 Å². The van der Waals surface area contributed by atoms with Crippen molar-refractivity contribution in [3.05, 3.63) is 36.1 Å². The number of hydrogen-bond acceptors (Lipinski definition) is 3. The molecule has 2 heterocycles. The molecule has 130 valence electrons. The molecule has 0 aliphatic carbocycles. The van der Waals surface area contributed by atoms with Crippen molar-refractivity contribution in [2.75, 3.05) is 13.7 Å². The van der Waals surface area contributed by atoms with Crippen LogP contribution in [-0.2, 0) is 11.3 Å². The van der Waals surface area contributed by atoms with Crippen molar-refractivity contribution >= 4 is 17.0 Å². The van der Waals surface area contributed by atoms with Crippen LogP contribution in [0.4, 0.5) is 4.79 Å². The van der Waals surface area contributed by atoms with Crippen LogP contribution in [0.2, 0.25) is 0 Å². The van der Waals surface area contributed by atoms with Crippen LogP contribution in [-0.4, -0.2) is 36.7 Å². The first-order chi connectivity index (χ1) is 11.6. The molecular formula is C19H26N2O3. The van der Waals surface area contributed by atoms with Crippen LogP contribution in [0.15, 0.2) is 34.7 Å². The number of nitrogens with zero attached hydrogens (tertiary/aromatic N) is 1. The van der Waals surface area contributed by atoms with E-state index in [0.717, 1.165) is 49.0 Å². The van der Waals surface area contributed by atoms with E-state index in [2.05, 4.69) is 5.32 Å². The van der Waals surface area contributed by atoms with Crippen LogP contribution < -0.4 is 5.32 Å². The lowest BCUT2D eigenvalue weighted by molar-refractivity contribution is 0.1000. The van der Waals surface area contributed by atoms with Gasteiger partial charge in [-0.05, 0) is 44.7 Å². The predicted octanol–water partition coefficient (Wildman–Crippen LogP) is 3.92. The topological polar surface area (TPSA) is 54.7 Å². The first-order valence-electron chi connectivity index (χ1n) is 8.72. The van der Waals surface area contributed by atoms with Crippen molar-refractivity contribution < 1.29 is 13.9 Å². The zero-order chi connectivity index (χ0) is 16.9. The highest BCUT2D eigenvalue weighted by molar-refractivity contribution is 5.78. The Bertz CT molecular complexity index is 643. The average molecular weight is 330 g/mol. The highest BCUT2D eigenvalue weighted by Crippen LogP contribution is 2.20. The summed E-state index contributed by atoms with van der Waals surface area (Å²) in [6, 6.07) is 9.92. The second kappa shape index (κ2) is 7.71. The highest BCUT2D eigenvalue weighted by Gasteiger charge is 2.18. The van der Waals surface area contributed by atoms with Crippen molar-refractivity contribution in [2.24, 2.45) is 0 Å². The summed E-state index contributed by atoms with van der Waals surface area (Å²) in [7, 11) is 1.79. The van der Waals surface area contributed by atoms with Crippen molar-refractivity contribution in [1.82, 2.24) is 10.2 Å². The molecule has 2 amide bonds. The number of para-hydroxylation sites is 1. The molecule has 2 atom stereocenters. The summed E-state index contributed by atoms with van der Waals surface area (Å²) in [5.41, 5.74) is 0.853. The van der Waals surface area contributed by atoms with Gasteiger partial charge in [-0.1, -0.05) is 18.2 Å². The Morgan fingerprint density at radius 1 is 1.42 bits per heavy atom. The minimum Gasteiger partial charge on any atom is -0.459 e. The number of benzene rings is 1. The van der Waals surface area contributed by atoms with Gasteiger partial charge in [-0.3, -0.25) is 0 Å². The van der Waals surface area contributed by atoms with Crippen LogP contribution in [0.1, 0.15) is 38.4 Å². The minimum atomic E-state index is -0.0738. The lowest BCUT2D eigenvalue weighted by Gasteiger charge is -2.21. The number of amides is 2. The van der Waals surface area contributed by atoms with E-state index in [1.54, 1.807) is 11.9 Å². The number of rotatable bonds is 6. The third kappa shape index (κ3) is 4.29. The summed E-state index contributed by atoms with van der Waals surface area (Å²) in [4.78, 5) is 14.0. The molecule has 1 aromatic carbocycles. The highest BCUT2D eigenvalue weighted by atomic mass is 16.5. The smallest absolute Gasteiger partial charge is 0.317 e.